The zero-order valence-corrected chi connectivity index (χ0v) is 8.50. The predicted octanol–water partition coefficient (Wildman–Crippen LogP) is 2.23. The maximum Gasteiger partial charge on any atom is 0.166 e. The van der Waals surface area contributed by atoms with E-state index in [4.69, 9.17) is 4.74 Å². The van der Waals surface area contributed by atoms with Gasteiger partial charge in [0.1, 0.15) is 5.75 Å². The summed E-state index contributed by atoms with van der Waals surface area (Å²) in [6.07, 6.45) is 0. The normalized spacial score (nSPS) is 18.5. The maximum atomic E-state index is 13.5. The topological polar surface area (TPSA) is 46.5 Å². The Hall–Kier alpha value is -1.58. The van der Waals surface area contributed by atoms with Gasteiger partial charge in [0.25, 0.3) is 0 Å². The zero-order valence-electron chi connectivity index (χ0n) is 8.50. The number of hydrogen-bond acceptors (Lipinski definition) is 3. The van der Waals surface area contributed by atoms with Crippen molar-refractivity contribution in [2.24, 2.45) is 0 Å². The van der Waals surface area contributed by atoms with E-state index in [1.54, 1.807) is 0 Å². The lowest BCUT2D eigenvalue weighted by molar-refractivity contribution is 0.101. The number of Topliss-reactive ketones (excluding diaryl/α,β-unsaturated/α-hetero) is 1. The number of phenols is 1. The first-order valence-corrected chi connectivity index (χ1v) is 4.71. The molecular formula is C11H11FO3. The summed E-state index contributed by atoms with van der Waals surface area (Å²) >= 11 is 0. The number of ketones is 1. The number of carbonyl (C=O) groups excluding carboxylic acids is 1. The highest BCUT2D eigenvalue weighted by Gasteiger charge is 2.30. The third-order valence-electron chi connectivity index (χ3n) is 2.59. The largest absolute Gasteiger partial charge is 0.507 e. The molecule has 80 valence electrons. The van der Waals surface area contributed by atoms with E-state index in [9.17, 15) is 14.3 Å². The average molecular weight is 210 g/mol. The Morgan fingerprint density at radius 1 is 1.67 bits per heavy atom. The molecule has 0 saturated carbocycles. The highest BCUT2D eigenvalue weighted by molar-refractivity contribution is 5.97. The fourth-order valence-corrected chi connectivity index (χ4v) is 1.81. The fraction of sp³-hybridized carbons (Fsp3) is 0.364. The van der Waals surface area contributed by atoms with E-state index in [0.717, 1.165) is 6.07 Å². The second-order valence-corrected chi connectivity index (χ2v) is 3.77. The Morgan fingerprint density at radius 2 is 2.33 bits per heavy atom. The van der Waals surface area contributed by atoms with Crippen LogP contribution in [-0.2, 0) is 0 Å². The molecule has 0 aliphatic carbocycles. The molecule has 0 aromatic heterocycles. The van der Waals surface area contributed by atoms with Crippen LogP contribution in [0.25, 0.3) is 0 Å². The van der Waals surface area contributed by atoms with Gasteiger partial charge < -0.3 is 9.84 Å². The van der Waals surface area contributed by atoms with Gasteiger partial charge in [0.2, 0.25) is 0 Å². The average Bonchev–Trinajstić information content (AvgIpc) is 2.54. The highest BCUT2D eigenvalue weighted by atomic mass is 19.1. The summed E-state index contributed by atoms with van der Waals surface area (Å²) < 4.78 is 18.6. The molecule has 1 N–H and O–H groups in total. The zero-order chi connectivity index (χ0) is 11.2. The van der Waals surface area contributed by atoms with E-state index in [-0.39, 0.29) is 28.8 Å². The van der Waals surface area contributed by atoms with Gasteiger partial charge in [-0.2, -0.15) is 0 Å². The minimum absolute atomic E-state index is 0.0172. The smallest absolute Gasteiger partial charge is 0.166 e. The van der Waals surface area contributed by atoms with Crippen LogP contribution in [0.3, 0.4) is 0 Å². The molecule has 15 heavy (non-hydrogen) atoms. The summed E-state index contributed by atoms with van der Waals surface area (Å²) in [4.78, 5) is 11.2. The van der Waals surface area contributed by atoms with E-state index < -0.39 is 5.82 Å². The second kappa shape index (κ2) is 3.22. The molecule has 1 aromatic carbocycles. The summed E-state index contributed by atoms with van der Waals surface area (Å²) in [6.45, 7) is 3.44. The number of hydrogen-bond donors (Lipinski definition) is 1. The van der Waals surface area contributed by atoms with Crippen molar-refractivity contribution in [3.63, 3.8) is 0 Å². The monoisotopic (exact) mass is 210 g/mol. The Balaban J connectivity index is 2.71. The Bertz CT molecular complexity index is 440. The number of halogens is 1. The van der Waals surface area contributed by atoms with Crippen LogP contribution in [0.1, 0.15) is 35.7 Å². The molecule has 0 saturated heterocycles. The summed E-state index contributed by atoms with van der Waals surface area (Å²) in [6, 6.07) is 1.02. The number of benzene rings is 1. The van der Waals surface area contributed by atoms with Gasteiger partial charge in [0.05, 0.1) is 12.2 Å². The molecule has 0 radical (unpaired) electrons. The summed E-state index contributed by atoms with van der Waals surface area (Å²) in [7, 11) is 0. The van der Waals surface area contributed by atoms with Gasteiger partial charge in [0.15, 0.2) is 17.3 Å². The summed E-state index contributed by atoms with van der Waals surface area (Å²) in [5, 5.41) is 9.81. The first-order valence-electron chi connectivity index (χ1n) is 4.71. The van der Waals surface area contributed by atoms with Gasteiger partial charge in [0, 0.05) is 11.5 Å². The number of aromatic hydroxyl groups is 1. The number of phenolic OH excluding ortho intramolecular Hbond substituents is 1. The molecule has 0 bridgehead atoms. The molecule has 1 aliphatic heterocycles. The van der Waals surface area contributed by atoms with Crippen molar-refractivity contribution in [3.05, 3.63) is 23.0 Å². The molecule has 0 spiro atoms. The second-order valence-electron chi connectivity index (χ2n) is 3.77. The third kappa shape index (κ3) is 1.37. The number of rotatable bonds is 1. The SMILES string of the molecule is CC(=O)c1cc(F)c2c(c1O)C(C)CO2. The lowest BCUT2D eigenvalue weighted by atomic mass is 9.97. The predicted molar refractivity (Wildman–Crippen MR) is 52.0 cm³/mol. The molecule has 1 aliphatic rings. The lowest BCUT2D eigenvalue weighted by Crippen LogP contribution is -1.98. The molecule has 4 heteroatoms. The molecule has 1 unspecified atom stereocenters. The summed E-state index contributed by atoms with van der Waals surface area (Å²) in [5.74, 6) is -1.10. The molecule has 1 atom stereocenters. The Morgan fingerprint density at radius 3 is 2.93 bits per heavy atom. The van der Waals surface area contributed by atoms with Crippen LogP contribution in [0.15, 0.2) is 6.07 Å². The van der Waals surface area contributed by atoms with Gasteiger partial charge in [-0.05, 0) is 13.0 Å². The molecular weight excluding hydrogens is 199 g/mol. The van der Waals surface area contributed by atoms with E-state index in [2.05, 4.69) is 0 Å². The molecule has 1 aromatic rings. The van der Waals surface area contributed by atoms with Gasteiger partial charge in [-0.3, -0.25) is 4.79 Å². The quantitative estimate of drug-likeness (QED) is 0.723. The van der Waals surface area contributed by atoms with E-state index >= 15 is 0 Å². The van der Waals surface area contributed by atoms with Gasteiger partial charge >= 0.3 is 0 Å². The van der Waals surface area contributed by atoms with Crippen molar-refractivity contribution < 1.29 is 19.0 Å². The van der Waals surface area contributed by atoms with Crippen LogP contribution < -0.4 is 4.74 Å². The highest BCUT2D eigenvalue weighted by Crippen LogP contribution is 2.43. The maximum absolute atomic E-state index is 13.5. The Labute approximate surface area is 86.5 Å². The van der Waals surface area contributed by atoms with Crippen molar-refractivity contribution in [2.45, 2.75) is 19.8 Å². The van der Waals surface area contributed by atoms with E-state index in [0.29, 0.717) is 12.2 Å². The van der Waals surface area contributed by atoms with Crippen LogP contribution >= 0.6 is 0 Å². The van der Waals surface area contributed by atoms with Crippen molar-refractivity contribution in [2.75, 3.05) is 6.61 Å². The Kier molecular flexibility index (Phi) is 2.14. The third-order valence-corrected chi connectivity index (χ3v) is 2.59. The van der Waals surface area contributed by atoms with E-state index in [1.165, 1.54) is 6.92 Å². The molecule has 1 heterocycles. The van der Waals surface area contributed by atoms with Gasteiger partial charge in [-0.25, -0.2) is 4.39 Å². The fourth-order valence-electron chi connectivity index (χ4n) is 1.81. The minimum Gasteiger partial charge on any atom is -0.507 e. The van der Waals surface area contributed by atoms with Crippen molar-refractivity contribution in [1.29, 1.82) is 0 Å². The minimum atomic E-state index is -0.586. The molecule has 3 nitrogen and oxygen atoms in total. The first-order chi connectivity index (χ1) is 7.02. The van der Waals surface area contributed by atoms with Crippen LogP contribution in [0, 0.1) is 5.82 Å². The number of ether oxygens (including phenoxy) is 1. The molecule has 0 amide bonds. The van der Waals surface area contributed by atoms with Crippen molar-refractivity contribution in [1.82, 2.24) is 0 Å². The van der Waals surface area contributed by atoms with Crippen LogP contribution in [0.5, 0.6) is 11.5 Å². The molecule has 2 rings (SSSR count). The number of carbonyl (C=O) groups is 1. The van der Waals surface area contributed by atoms with Gasteiger partial charge in [-0.15, -0.1) is 0 Å². The summed E-state index contributed by atoms with van der Waals surface area (Å²) in [5.41, 5.74) is 0.420. The van der Waals surface area contributed by atoms with Crippen molar-refractivity contribution in [3.8, 4) is 11.5 Å². The van der Waals surface area contributed by atoms with E-state index in [1.807, 2.05) is 6.92 Å². The van der Waals surface area contributed by atoms with Gasteiger partial charge in [-0.1, -0.05) is 6.92 Å². The lowest BCUT2D eigenvalue weighted by Gasteiger charge is -2.08. The standard InChI is InChI=1S/C11H11FO3/c1-5-4-15-11-8(12)3-7(6(2)13)10(14)9(5)11/h3,5,14H,4H2,1-2H3. The van der Waals surface area contributed by atoms with Crippen LogP contribution in [0.4, 0.5) is 4.39 Å². The molecule has 0 fully saturated rings. The van der Waals surface area contributed by atoms with Crippen LogP contribution in [0.2, 0.25) is 0 Å². The first kappa shape index (κ1) is 9.96. The van der Waals surface area contributed by atoms with Crippen LogP contribution in [-0.4, -0.2) is 17.5 Å². The number of fused-ring (bicyclic) bond motifs is 1. The van der Waals surface area contributed by atoms with Crippen molar-refractivity contribution >= 4 is 5.78 Å².